The number of carbonyl (C=O) groups is 1. The first kappa shape index (κ1) is 18.4. The van der Waals surface area contributed by atoms with Gasteiger partial charge in [-0.1, -0.05) is 11.6 Å². The van der Waals surface area contributed by atoms with Gasteiger partial charge in [0.25, 0.3) is 0 Å². The summed E-state index contributed by atoms with van der Waals surface area (Å²) in [4.78, 5) is 12.4. The molecule has 0 aliphatic rings. The number of carbonyl (C=O) groups excluding carboxylic acids is 1. The summed E-state index contributed by atoms with van der Waals surface area (Å²) in [6.07, 6.45) is 3.22. The Balaban J connectivity index is 1.63. The monoisotopic (exact) mass is 390 g/mol. The minimum absolute atomic E-state index is 0.0210. The smallest absolute Gasteiger partial charge is 0.240 e. The summed E-state index contributed by atoms with van der Waals surface area (Å²) < 4.78 is 7.38. The Morgan fingerprint density at radius 2 is 2.15 bits per heavy atom. The molecule has 6 nitrogen and oxygen atoms in total. The SMILES string of the molecule is C[C@H](CCc1ccco1)NC(=O)Cn1c(-c2ccc(Cl)cc2)n[nH]c1=S. The lowest BCUT2D eigenvalue weighted by atomic mass is 10.1. The fraction of sp³-hybridized carbons (Fsp3) is 0.278. The molecular formula is C18H19ClN4O2S. The van der Waals surface area contributed by atoms with Crippen LogP contribution in [0.3, 0.4) is 0 Å². The van der Waals surface area contributed by atoms with E-state index in [-0.39, 0.29) is 18.5 Å². The summed E-state index contributed by atoms with van der Waals surface area (Å²) in [5.74, 6) is 1.39. The topological polar surface area (TPSA) is 75.8 Å². The van der Waals surface area contributed by atoms with Crippen molar-refractivity contribution in [2.45, 2.75) is 32.4 Å². The van der Waals surface area contributed by atoms with Crippen molar-refractivity contribution in [3.8, 4) is 11.4 Å². The average Bonchev–Trinajstić information content (AvgIpc) is 3.25. The Morgan fingerprint density at radius 3 is 2.85 bits per heavy atom. The van der Waals surface area contributed by atoms with Crippen molar-refractivity contribution in [2.75, 3.05) is 0 Å². The average molecular weight is 391 g/mol. The largest absolute Gasteiger partial charge is 0.469 e. The van der Waals surface area contributed by atoms with E-state index in [1.54, 1.807) is 23.0 Å². The second-order valence-corrected chi connectivity index (χ2v) is 6.86. The van der Waals surface area contributed by atoms with Crippen LogP contribution in [0, 0.1) is 4.77 Å². The first-order valence-electron chi connectivity index (χ1n) is 8.26. The summed E-state index contributed by atoms with van der Waals surface area (Å²) in [6.45, 7) is 2.06. The summed E-state index contributed by atoms with van der Waals surface area (Å²) >= 11 is 11.2. The molecule has 1 amide bonds. The molecule has 0 radical (unpaired) electrons. The van der Waals surface area contributed by atoms with Gasteiger partial charge in [-0.15, -0.1) is 0 Å². The second-order valence-electron chi connectivity index (χ2n) is 6.03. The van der Waals surface area contributed by atoms with Gasteiger partial charge in [0.2, 0.25) is 5.91 Å². The van der Waals surface area contributed by atoms with Crippen molar-refractivity contribution >= 4 is 29.7 Å². The highest BCUT2D eigenvalue weighted by Gasteiger charge is 2.14. The maximum Gasteiger partial charge on any atom is 0.240 e. The van der Waals surface area contributed by atoms with Gasteiger partial charge in [-0.25, -0.2) is 0 Å². The number of furan rings is 1. The van der Waals surface area contributed by atoms with Crippen molar-refractivity contribution in [1.82, 2.24) is 20.1 Å². The molecule has 2 aromatic heterocycles. The number of rotatable bonds is 7. The quantitative estimate of drug-likeness (QED) is 0.598. The molecule has 1 aromatic carbocycles. The molecule has 0 unspecified atom stereocenters. The maximum absolute atomic E-state index is 12.4. The van der Waals surface area contributed by atoms with E-state index in [0.29, 0.717) is 15.6 Å². The maximum atomic E-state index is 12.4. The fourth-order valence-corrected chi connectivity index (χ4v) is 2.96. The van der Waals surface area contributed by atoms with Crippen LogP contribution in [0.2, 0.25) is 5.02 Å². The Kier molecular flexibility index (Phi) is 5.90. The Morgan fingerprint density at radius 1 is 1.38 bits per heavy atom. The normalized spacial score (nSPS) is 12.1. The van der Waals surface area contributed by atoms with Crippen LogP contribution in [-0.2, 0) is 17.8 Å². The van der Waals surface area contributed by atoms with Gasteiger partial charge < -0.3 is 9.73 Å². The van der Waals surface area contributed by atoms with E-state index in [9.17, 15) is 4.79 Å². The van der Waals surface area contributed by atoms with E-state index >= 15 is 0 Å². The third-order valence-electron chi connectivity index (χ3n) is 3.97. The third-order valence-corrected chi connectivity index (χ3v) is 4.54. The van der Waals surface area contributed by atoms with E-state index in [2.05, 4.69) is 15.5 Å². The molecule has 3 aromatic rings. The molecule has 2 heterocycles. The highest BCUT2D eigenvalue weighted by atomic mass is 35.5. The molecule has 3 rings (SSSR count). The number of nitrogens with one attached hydrogen (secondary N) is 2. The van der Waals surface area contributed by atoms with Crippen LogP contribution in [0.4, 0.5) is 0 Å². The van der Waals surface area contributed by atoms with Crippen LogP contribution in [-0.4, -0.2) is 26.7 Å². The predicted octanol–water partition coefficient (Wildman–Crippen LogP) is 3.99. The molecular weight excluding hydrogens is 372 g/mol. The molecule has 2 N–H and O–H groups in total. The van der Waals surface area contributed by atoms with Gasteiger partial charge in [-0.3, -0.25) is 14.5 Å². The lowest BCUT2D eigenvalue weighted by Gasteiger charge is -2.14. The van der Waals surface area contributed by atoms with Gasteiger partial charge in [0.15, 0.2) is 10.6 Å². The number of halogens is 1. The second kappa shape index (κ2) is 8.33. The Bertz CT molecular complexity index is 916. The Labute approximate surface area is 161 Å². The summed E-state index contributed by atoms with van der Waals surface area (Å²) in [6, 6.07) is 11.0. The van der Waals surface area contributed by atoms with Crippen LogP contribution in [0.1, 0.15) is 19.1 Å². The lowest BCUT2D eigenvalue weighted by Crippen LogP contribution is -2.35. The van der Waals surface area contributed by atoms with Gasteiger partial charge >= 0.3 is 0 Å². The highest BCUT2D eigenvalue weighted by molar-refractivity contribution is 7.71. The summed E-state index contributed by atoms with van der Waals surface area (Å²) in [7, 11) is 0. The van der Waals surface area contributed by atoms with Crippen molar-refractivity contribution in [2.24, 2.45) is 0 Å². The molecule has 0 aliphatic heterocycles. The number of nitrogens with zero attached hydrogens (tertiary/aromatic N) is 2. The fourth-order valence-electron chi connectivity index (χ4n) is 2.63. The molecule has 0 fully saturated rings. The molecule has 8 heteroatoms. The zero-order chi connectivity index (χ0) is 18.5. The number of H-pyrrole nitrogens is 1. The van der Waals surface area contributed by atoms with Gasteiger partial charge in [-0.2, -0.15) is 5.10 Å². The number of hydrogen-bond acceptors (Lipinski definition) is 4. The van der Waals surface area contributed by atoms with Crippen LogP contribution in [0.5, 0.6) is 0 Å². The molecule has 0 saturated heterocycles. The van der Waals surface area contributed by atoms with Crippen LogP contribution in [0.15, 0.2) is 47.1 Å². The van der Waals surface area contributed by atoms with Crippen molar-refractivity contribution < 1.29 is 9.21 Å². The predicted molar refractivity (Wildman–Crippen MR) is 102 cm³/mol. The van der Waals surface area contributed by atoms with E-state index in [0.717, 1.165) is 24.2 Å². The molecule has 136 valence electrons. The number of amides is 1. The molecule has 1 atom stereocenters. The van der Waals surface area contributed by atoms with Crippen molar-refractivity contribution in [1.29, 1.82) is 0 Å². The minimum Gasteiger partial charge on any atom is -0.469 e. The van der Waals surface area contributed by atoms with Crippen LogP contribution in [0.25, 0.3) is 11.4 Å². The molecule has 0 bridgehead atoms. The number of aromatic nitrogens is 3. The molecule has 0 spiro atoms. The first-order chi connectivity index (χ1) is 12.5. The number of benzene rings is 1. The van der Waals surface area contributed by atoms with Gasteiger partial charge in [-0.05, 0) is 62.0 Å². The van der Waals surface area contributed by atoms with E-state index in [4.69, 9.17) is 28.2 Å². The molecule has 26 heavy (non-hydrogen) atoms. The number of aromatic amines is 1. The van der Waals surface area contributed by atoms with Gasteiger partial charge in [0.05, 0.1) is 6.26 Å². The molecule has 0 aliphatic carbocycles. The Hall–Kier alpha value is -2.38. The van der Waals surface area contributed by atoms with Crippen molar-refractivity contribution in [3.05, 3.63) is 58.2 Å². The number of aryl methyl sites for hydroxylation is 1. The third kappa shape index (κ3) is 4.62. The van der Waals surface area contributed by atoms with Gasteiger partial charge in [0, 0.05) is 23.0 Å². The zero-order valence-corrected chi connectivity index (χ0v) is 15.8. The lowest BCUT2D eigenvalue weighted by molar-refractivity contribution is -0.122. The van der Waals surface area contributed by atoms with E-state index in [1.807, 2.05) is 31.2 Å². The molecule has 0 saturated carbocycles. The summed E-state index contributed by atoms with van der Waals surface area (Å²) in [5, 5.41) is 10.6. The summed E-state index contributed by atoms with van der Waals surface area (Å²) in [5.41, 5.74) is 0.834. The van der Waals surface area contributed by atoms with Gasteiger partial charge in [0.1, 0.15) is 12.3 Å². The standard InChI is InChI=1S/C18H19ClN4O2S/c1-12(4-9-15-3-2-10-25-15)20-16(24)11-23-17(21-22-18(23)26)13-5-7-14(19)8-6-13/h2-3,5-8,10,12H,4,9,11H2,1H3,(H,20,24)(H,22,26)/t12-/m1/s1. The van der Waals surface area contributed by atoms with Crippen LogP contribution >= 0.6 is 23.8 Å². The van der Waals surface area contributed by atoms with Crippen LogP contribution < -0.4 is 5.32 Å². The highest BCUT2D eigenvalue weighted by Crippen LogP contribution is 2.20. The zero-order valence-electron chi connectivity index (χ0n) is 14.2. The van der Waals surface area contributed by atoms with Crippen molar-refractivity contribution in [3.63, 3.8) is 0 Å². The first-order valence-corrected chi connectivity index (χ1v) is 9.04. The van der Waals surface area contributed by atoms with E-state index < -0.39 is 0 Å². The van der Waals surface area contributed by atoms with E-state index in [1.165, 1.54) is 0 Å². The number of hydrogen-bond donors (Lipinski definition) is 2. The minimum atomic E-state index is -0.121.